The predicted octanol–water partition coefficient (Wildman–Crippen LogP) is 3.98. The number of primary amides is 2. The summed E-state index contributed by atoms with van der Waals surface area (Å²) in [6.45, 7) is 1.40. The Kier molecular flexibility index (Phi) is 6.20. The number of nitrogens with zero attached hydrogens (tertiary/aromatic N) is 3. The fourth-order valence-electron chi connectivity index (χ4n) is 3.63. The van der Waals surface area contributed by atoms with Crippen molar-refractivity contribution in [3.8, 4) is 6.07 Å². The maximum absolute atomic E-state index is 13.3. The zero-order valence-corrected chi connectivity index (χ0v) is 18.5. The van der Waals surface area contributed by atoms with Crippen molar-refractivity contribution in [2.45, 2.75) is 19.1 Å². The molecule has 1 aliphatic rings. The Balaban J connectivity index is 2.30. The topological polar surface area (TPSA) is 140 Å². The lowest BCUT2D eigenvalue weighted by Gasteiger charge is -2.43. The fourth-order valence-corrected chi connectivity index (χ4v) is 4.23. The Morgan fingerprint density at radius 1 is 1.18 bits per heavy atom. The van der Waals surface area contributed by atoms with Gasteiger partial charge in [-0.25, -0.2) is 4.79 Å². The van der Waals surface area contributed by atoms with Crippen molar-refractivity contribution in [1.82, 2.24) is 4.90 Å². The van der Waals surface area contributed by atoms with E-state index in [2.05, 4.69) is 15.9 Å². The molecule has 33 heavy (non-hydrogen) atoms. The zero-order valence-electron chi connectivity index (χ0n) is 16.9. The van der Waals surface area contributed by atoms with Crippen LogP contribution >= 0.6 is 15.9 Å². The van der Waals surface area contributed by atoms with Crippen LogP contribution in [0.15, 0.2) is 58.2 Å². The van der Waals surface area contributed by atoms with E-state index in [4.69, 9.17) is 22.1 Å². The highest BCUT2D eigenvalue weighted by Crippen LogP contribution is 2.42. The SMILES string of the molecule is CC1=C(C(N)=O)[C@@H](c2ccc(C#N)cc2Br)N(C(N)=O)C(=N)N1c1cccc(C(F)(F)F)c1. The molecule has 1 heterocycles. The predicted molar refractivity (Wildman–Crippen MR) is 117 cm³/mol. The Labute approximate surface area is 194 Å². The summed E-state index contributed by atoms with van der Waals surface area (Å²) in [5, 5.41) is 17.7. The number of benzene rings is 2. The molecule has 0 spiro atoms. The van der Waals surface area contributed by atoms with Crippen LogP contribution in [0.1, 0.15) is 29.7 Å². The molecular weight excluding hydrogens is 505 g/mol. The molecule has 0 bridgehead atoms. The molecule has 3 rings (SSSR count). The van der Waals surface area contributed by atoms with E-state index in [1.807, 2.05) is 6.07 Å². The molecular formula is C21H16BrF3N6O2. The molecule has 0 unspecified atom stereocenters. The number of urea groups is 1. The van der Waals surface area contributed by atoms with Gasteiger partial charge in [0.05, 0.1) is 22.8 Å². The molecule has 5 N–H and O–H groups in total. The van der Waals surface area contributed by atoms with E-state index in [0.717, 1.165) is 28.0 Å². The van der Waals surface area contributed by atoms with Crippen LogP contribution in [0.5, 0.6) is 0 Å². The first-order chi connectivity index (χ1) is 15.4. The van der Waals surface area contributed by atoms with Gasteiger partial charge in [0, 0.05) is 15.9 Å². The quantitative estimate of drug-likeness (QED) is 0.562. The third-order valence-corrected chi connectivity index (χ3v) is 5.74. The number of guanidine groups is 1. The minimum Gasteiger partial charge on any atom is -0.366 e. The van der Waals surface area contributed by atoms with Gasteiger partial charge in [-0.15, -0.1) is 0 Å². The van der Waals surface area contributed by atoms with Gasteiger partial charge in [-0.2, -0.15) is 18.4 Å². The first kappa shape index (κ1) is 23.8. The highest BCUT2D eigenvalue weighted by atomic mass is 79.9. The van der Waals surface area contributed by atoms with Gasteiger partial charge >= 0.3 is 12.2 Å². The summed E-state index contributed by atoms with van der Waals surface area (Å²) >= 11 is 3.29. The van der Waals surface area contributed by atoms with Gasteiger partial charge in [0.2, 0.25) is 11.9 Å². The van der Waals surface area contributed by atoms with E-state index in [1.165, 1.54) is 31.2 Å². The molecule has 0 aromatic heterocycles. The van der Waals surface area contributed by atoms with Crippen molar-refractivity contribution in [3.05, 3.63) is 74.9 Å². The molecule has 0 aliphatic carbocycles. The molecule has 1 aliphatic heterocycles. The molecule has 3 amide bonds. The van der Waals surface area contributed by atoms with Crippen molar-refractivity contribution in [1.29, 1.82) is 10.7 Å². The van der Waals surface area contributed by atoms with Crippen molar-refractivity contribution in [2.75, 3.05) is 4.90 Å². The Bertz CT molecular complexity index is 1250. The van der Waals surface area contributed by atoms with Crippen LogP contribution in [-0.4, -0.2) is 22.8 Å². The Morgan fingerprint density at radius 2 is 1.85 bits per heavy atom. The minimum absolute atomic E-state index is 0.0468. The average Bonchev–Trinajstić information content (AvgIpc) is 2.72. The molecule has 12 heteroatoms. The van der Waals surface area contributed by atoms with E-state index < -0.39 is 35.7 Å². The van der Waals surface area contributed by atoms with Crippen molar-refractivity contribution in [2.24, 2.45) is 11.5 Å². The summed E-state index contributed by atoms with van der Waals surface area (Å²) < 4.78 is 40.1. The number of carbonyl (C=O) groups is 2. The summed E-state index contributed by atoms with van der Waals surface area (Å²) in [7, 11) is 0. The molecule has 8 nitrogen and oxygen atoms in total. The molecule has 0 saturated carbocycles. The molecule has 2 aromatic rings. The Hall–Kier alpha value is -3.85. The number of amides is 3. The normalized spacial score (nSPS) is 16.6. The van der Waals surface area contributed by atoms with Gasteiger partial charge in [0.1, 0.15) is 6.04 Å². The molecule has 2 aromatic carbocycles. The van der Waals surface area contributed by atoms with Crippen molar-refractivity contribution >= 4 is 39.5 Å². The van der Waals surface area contributed by atoms with Crippen LogP contribution in [0, 0.1) is 16.7 Å². The number of anilines is 1. The van der Waals surface area contributed by atoms with E-state index in [9.17, 15) is 22.8 Å². The van der Waals surface area contributed by atoms with Crippen LogP contribution in [0.3, 0.4) is 0 Å². The van der Waals surface area contributed by atoms with Crippen LogP contribution in [0.2, 0.25) is 0 Å². The smallest absolute Gasteiger partial charge is 0.366 e. The first-order valence-electron chi connectivity index (χ1n) is 9.23. The second-order valence-corrected chi connectivity index (χ2v) is 7.88. The maximum Gasteiger partial charge on any atom is 0.416 e. The summed E-state index contributed by atoms with van der Waals surface area (Å²) in [6, 6.07) is 7.99. The maximum atomic E-state index is 13.3. The highest BCUT2D eigenvalue weighted by Gasteiger charge is 2.43. The largest absolute Gasteiger partial charge is 0.416 e. The summed E-state index contributed by atoms with van der Waals surface area (Å²) in [5.74, 6) is -1.55. The zero-order chi connectivity index (χ0) is 24.7. The van der Waals surface area contributed by atoms with Gasteiger partial charge in [-0.1, -0.05) is 28.1 Å². The van der Waals surface area contributed by atoms with E-state index >= 15 is 0 Å². The minimum atomic E-state index is -4.66. The van der Waals surface area contributed by atoms with Crippen LogP contribution in [-0.2, 0) is 11.0 Å². The molecule has 1 atom stereocenters. The second kappa shape index (κ2) is 8.59. The molecule has 170 valence electrons. The molecule has 0 saturated heterocycles. The number of nitriles is 1. The van der Waals surface area contributed by atoms with E-state index in [1.54, 1.807) is 0 Å². The monoisotopic (exact) mass is 520 g/mol. The lowest BCUT2D eigenvalue weighted by atomic mass is 9.92. The number of allylic oxidation sites excluding steroid dienone is 1. The number of carbonyl (C=O) groups excluding carboxylic acids is 2. The third-order valence-electron chi connectivity index (χ3n) is 5.06. The Morgan fingerprint density at radius 3 is 2.36 bits per heavy atom. The average molecular weight is 521 g/mol. The number of nitrogens with one attached hydrogen (secondary N) is 1. The number of alkyl halides is 3. The molecule has 0 radical (unpaired) electrons. The summed E-state index contributed by atoms with van der Waals surface area (Å²) in [4.78, 5) is 26.7. The van der Waals surface area contributed by atoms with Crippen LogP contribution in [0.4, 0.5) is 23.7 Å². The van der Waals surface area contributed by atoms with E-state index in [-0.39, 0.29) is 22.5 Å². The number of rotatable bonds is 3. The summed E-state index contributed by atoms with van der Waals surface area (Å²) in [5.41, 5.74) is 10.5. The van der Waals surface area contributed by atoms with Gasteiger partial charge in [0.15, 0.2) is 0 Å². The number of hydrogen-bond donors (Lipinski definition) is 3. The van der Waals surface area contributed by atoms with Gasteiger partial charge in [-0.05, 0) is 42.8 Å². The van der Waals surface area contributed by atoms with Crippen LogP contribution < -0.4 is 16.4 Å². The van der Waals surface area contributed by atoms with Crippen molar-refractivity contribution < 1.29 is 22.8 Å². The lowest BCUT2D eigenvalue weighted by Crippen LogP contribution is -2.55. The number of hydrogen-bond acceptors (Lipinski definition) is 4. The van der Waals surface area contributed by atoms with Crippen LogP contribution in [0.25, 0.3) is 0 Å². The molecule has 0 fully saturated rings. The second-order valence-electron chi connectivity index (χ2n) is 7.03. The number of nitrogens with two attached hydrogens (primary N) is 2. The first-order valence-corrected chi connectivity index (χ1v) is 10.0. The lowest BCUT2D eigenvalue weighted by molar-refractivity contribution is -0.137. The van der Waals surface area contributed by atoms with Gasteiger partial charge in [-0.3, -0.25) is 20.0 Å². The standard InChI is InChI=1S/C21H16BrF3N6O2/c1-10-16(18(27)32)17(14-6-5-11(9-26)7-15(14)22)31(20(29)33)19(28)30(10)13-4-2-3-12(8-13)21(23,24)25/h2-8,17,28H,1H3,(H2,27,32)(H2,29,33)/t17-/m1/s1. The third kappa shape index (κ3) is 4.27. The number of halogens is 4. The van der Waals surface area contributed by atoms with E-state index in [0.29, 0.717) is 10.0 Å². The fraction of sp³-hybridized carbons (Fsp3) is 0.143. The van der Waals surface area contributed by atoms with Gasteiger partial charge < -0.3 is 11.5 Å². The summed E-state index contributed by atoms with van der Waals surface area (Å²) in [6.07, 6.45) is -4.66. The van der Waals surface area contributed by atoms with Gasteiger partial charge in [0.25, 0.3) is 0 Å². The highest BCUT2D eigenvalue weighted by molar-refractivity contribution is 9.10. The van der Waals surface area contributed by atoms with Crippen molar-refractivity contribution in [3.63, 3.8) is 0 Å².